The first kappa shape index (κ1) is 29.1. The summed E-state index contributed by atoms with van der Waals surface area (Å²) in [5.41, 5.74) is 0. The molecule has 2 heterocycles. The van der Waals surface area contributed by atoms with Crippen molar-refractivity contribution in [3.63, 3.8) is 0 Å². The lowest BCUT2D eigenvalue weighted by Gasteiger charge is -2.26. The molecule has 0 amide bonds. The van der Waals surface area contributed by atoms with Crippen LogP contribution in [0.15, 0.2) is 4.99 Å². The smallest absolute Gasteiger partial charge is 0.191 e. The zero-order chi connectivity index (χ0) is 22.5. The molecule has 10 heteroatoms. The van der Waals surface area contributed by atoms with E-state index in [0.717, 1.165) is 89.5 Å². The molecule has 1 aromatic heterocycles. The van der Waals surface area contributed by atoms with E-state index in [9.17, 15) is 0 Å². The van der Waals surface area contributed by atoms with E-state index in [0.29, 0.717) is 12.6 Å². The molecular formula is C22H45IN8O. The van der Waals surface area contributed by atoms with E-state index in [1.165, 1.54) is 6.42 Å². The highest BCUT2D eigenvalue weighted by Crippen LogP contribution is 2.02. The van der Waals surface area contributed by atoms with Gasteiger partial charge >= 0.3 is 0 Å². The Morgan fingerprint density at radius 2 is 1.91 bits per heavy atom. The quantitative estimate of drug-likeness (QED) is 0.164. The highest BCUT2D eigenvalue weighted by Gasteiger charge is 2.11. The van der Waals surface area contributed by atoms with Crippen LogP contribution >= 0.6 is 24.0 Å². The van der Waals surface area contributed by atoms with Crippen molar-refractivity contribution in [2.24, 2.45) is 12.0 Å². The molecule has 1 fully saturated rings. The van der Waals surface area contributed by atoms with E-state index in [4.69, 9.17) is 9.73 Å². The topological polar surface area (TPSA) is 82.8 Å². The summed E-state index contributed by atoms with van der Waals surface area (Å²) >= 11 is 0. The third-order valence-corrected chi connectivity index (χ3v) is 6.00. The van der Waals surface area contributed by atoms with Crippen LogP contribution in [0, 0.1) is 6.92 Å². The molecule has 1 aromatic rings. The van der Waals surface area contributed by atoms with Crippen LogP contribution in [0.5, 0.6) is 0 Å². The monoisotopic (exact) mass is 564 g/mol. The van der Waals surface area contributed by atoms with Crippen molar-refractivity contribution >= 4 is 29.9 Å². The Balaban J connectivity index is 0.00000512. The van der Waals surface area contributed by atoms with Gasteiger partial charge in [0.25, 0.3) is 0 Å². The Morgan fingerprint density at radius 3 is 2.53 bits per heavy atom. The molecule has 0 saturated carbocycles. The number of aryl methyl sites for hydroxylation is 1. The summed E-state index contributed by atoms with van der Waals surface area (Å²) in [5.74, 6) is 2.64. The Hall–Kier alpha value is -0.980. The molecular weight excluding hydrogens is 519 g/mol. The maximum atomic E-state index is 5.43. The van der Waals surface area contributed by atoms with Gasteiger partial charge in [-0.2, -0.15) is 0 Å². The van der Waals surface area contributed by atoms with Crippen molar-refractivity contribution in [3.8, 4) is 0 Å². The third-order valence-electron chi connectivity index (χ3n) is 6.00. The lowest BCUT2D eigenvalue weighted by molar-refractivity contribution is 0.0376. The summed E-state index contributed by atoms with van der Waals surface area (Å²) in [5, 5.41) is 15.5. The van der Waals surface area contributed by atoms with Crippen molar-refractivity contribution in [1.82, 2.24) is 35.2 Å². The van der Waals surface area contributed by atoms with Gasteiger partial charge in [-0.3, -0.25) is 4.90 Å². The maximum Gasteiger partial charge on any atom is 0.191 e. The number of rotatable bonds is 13. The first-order valence-corrected chi connectivity index (χ1v) is 12.0. The number of nitrogens with zero attached hydrogens (tertiary/aromatic N) is 6. The fraction of sp³-hybridized carbons (Fsp3) is 0.864. The average molecular weight is 565 g/mol. The van der Waals surface area contributed by atoms with Crippen molar-refractivity contribution in [2.75, 3.05) is 59.0 Å². The number of aliphatic imine (C=N–C) groups is 1. The number of ether oxygens (including phenoxy) is 1. The molecule has 2 rings (SSSR count). The van der Waals surface area contributed by atoms with Crippen LogP contribution in [0.4, 0.5) is 0 Å². The van der Waals surface area contributed by atoms with E-state index in [1.807, 2.05) is 18.5 Å². The highest BCUT2D eigenvalue weighted by atomic mass is 127. The average Bonchev–Trinajstić information content (AvgIpc) is 3.10. The fourth-order valence-electron chi connectivity index (χ4n) is 3.69. The molecule has 0 spiro atoms. The van der Waals surface area contributed by atoms with Crippen molar-refractivity contribution in [2.45, 2.75) is 59.5 Å². The minimum atomic E-state index is 0. The summed E-state index contributed by atoms with van der Waals surface area (Å²) in [6, 6.07) is 0.363. The molecule has 1 unspecified atom stereocenters. The van der Waals surface area contributed by atoms with Crippen LogP contribution in [0.25, 0.3) is 0 Å². The first-order valence-electron chi connectivity index (χ1n) is 12.0. The molecule has 186 valence electrons. The number of nitrogens with one attached hydrogen (secondary N) is 2. The van der Waals surface area contributed by atoms with Gasteiger partial charge in [-0.05, 0) is 59.3 Å². The van der Waals surface area contributed by atoms with Crippen LogP contribution in [-0.2, 0) is 18.3 Å². The van der Waals surface area contributed by atoms with Gasteiger partial charge in [-0.25, -0.2) is 4.99 Å². The standard InChI is InChI=1S/C22H44N8O.HI/c1-6-29(7-2)12-8-10-19(3)25-22(24-18-21-27-26-20(4)28(21)5)23-11-9-13-30-14-16-31-17-15-30;/h19H,6-18H2,1-5H3,(H2,23,24,25);1H. The molecule has 0 bridgehead atoms. The second-order valence-corrected chi connectivity index (χ2v) is 8.34. The molecule has 9 nitrogen and oxygen atoms in total. The molecule has 32 heavy (non-hydrogen) atoms. The zero-order valence-electron chi connectivity index (χ0n) is 20.8. The third kappa shape index (κ3) is 10.8. The Labute approximate surface area is 211 Å². The summed E-state index contributed by atoms with van der Waals surface area (Å²) in [6.45, 7) is 18.3. The first-order chi connectivity index (χ1) is 15.0. The minimum Gasteiger partial charge on any atom is -0.379 e. The molecule has 1 aliphatic rings. The van der Waals surface area contributed by atoms with Crippen LogP contribution in [0.2, 0.25) is 0 Å². The SMILES string of the molecule is CCN(CC)CCCC(C)NC(=NCc1nnc(C)n1C)NCCCN1CCOCC1.I. The van der Waals surface area contributed by atoms with Gasteiger partial charge < -0.3 is 24.8 Å². The lowest BCUT2D eigenvalue weighted by atomic mass is 10.2. The molecule has 0 aromatic carbocycles. The van der Waals surface area contributed by atoms with E-state index >= 15 is 0 Å². The number of morpholine rings is 1. The minimum absolute atomic E-state index is 0. The largest absolute Gasteiger partial charge is 0.379 e. The Kier molecular flexibility index (Phi) is 15.1. The van der Waals surface area contributed by atoms with E-state index in [1.54, 1.807) is 0 Å². The number of aromatic nitrogens is 3. The van der Waals surface area contributed by atoms with Gasteiger partial charge in [0.05, 0.1) is 13.2 Å². The van der Waals surface area contributed by atoms with E-state index in [2.05, 4.69) is 51.4 Å². The molecule has 1 saturated heterocycles. The lowest BCUT2D eigenvalue weighted by Crippen LogP contribution is -2.44. The van der Waals surface area contributed by atoms with Gasteiger partial charge in [0.1, 0.15) is 12.4 Å². The number of guanidine groups is 1. The number of hydrogen-bond acceptors (Lipinski definition) is 6. The summed E-state index contributed by atoms with van der Waals surface area (Å²) in [6.07, 6.45) is 3.39. The number of halogens is 1. The van der Waals surface area contributed by atoms with E-state index in [-0.39, 0.29) is 24.0 Å². The summed E-state index contributed by atoms with van der Waals surface area (Å²) < 4.78 is 7.43. The summed E-state index contributed by atoms with van der Waals surface area (Å²) in [4.78, 5) is 9.74. The zero-order valence-corrected chi connectivity index (χ0v) is 23.1. The molecule has 0 aliphatic carbocycles. The predicted molar refractivity (Wildman–Crippen MR) is 142 cm³/mol. The second-order valence-electron chi connectivity index (χ2n) is 8.34. The van der Waals surface area contributed by atoms with E-state index < -0.39 is 0 Å². The molecule has 1 atom stereocenters. The van der Waals surface area contributed by atoms with Crippen molar-refractivity contribution in [3.05, 3.63) is 11.6 Å². The molecule has 2 N–H and O–H groups in total. The fourth-order valence-corrected chi connectivity index (χ4v) is 3.69. The Morgan fingerprint density at radius 1 is 1.19 bits per heavy atom. The Bertz CT molecular complexity index is 644. The molecule has 1 aliphatic heterocycles. The van der Waals surface area contributed by atoms with Gasteiger partial charge in [-0.15, -0.1) is 34.2 Å². The van der Waals surface area contributed by atoms with Crippen molar-refractivity contribution < 1.29 is 4.74 Å². The highest BCUT2D eigenvalue weighted by molar-refractivity contribution is 14.0. The summed E-state index contributed by atoms with van der Waals surface area (Å²) in [7, 11) is 1.99. The van der Waals surface area contributed by atoms with Gasteiger partial charge in [-0.1, -0.05) is 13.8 Å². The van der Waals surface area contributed by atoms with Crippen LogP contribution in [-0.4, -0.2) is 95.6 Å². The normalized spacial score (nSPS) is 16.1. The number of hydrogen-bond donors (Lipinski definition) is 2. The predicted octanol–water partition coefficient (Wildman–Crippen LogP) is 2.01. The van der Waals surface area contributed by atoms with Crippen LogP contribution in [0.1, 0.15) is 51.7 Å². The van der Waals surface area contributed by atoms with Gasteiger partial charge in [0.2, 0.25) is 0 Å². The maximum absolute atomic E-state index is 5.43. The second kappa shape index (κ2) is 16.6. The molecule has 0 radical (unpaired) electrons. The van der Waals surface area contributed by atoms with Crippen LogP contribution < -0.4 is 10.6 Å². The van der Waals surface area contributed by atoms with Crippen LogP contribution in [0.3, 0.4) is 0 Å². The van der Waals surface area contributed by atoms with Crippen molar-refractivity contribution in [1.29, 1.82) is 0 Å². The van der Waals surface area contributed by atoms with Gasteiger partial charge in [0, 0.05) is 32.7 Å². The van der Waals surface area contributed by atoms with Gasteiger partial charge in [0.15, 0.2) is 11.8 Å².